The fourth-order valence-electron chi connectivity index (χ4n) is 1.96. The number of aryl methyl sites for hydroxylation is 1. The van der Waals surface area contributed by atoms with Gasteiger partial charge in [-0.3, -0.25) is 0 Å². The molecule has 1 aromatic heterocycles. The Hall–Kier alpha value is -2.53. The third-order valence-corrected chi connectivity index (χ3v) is 3.31. The number of carbonyl (C=O) groups is 1. The molecule has 106 valence electrons. The molecule has 3 aromatic rings. The minimum Gasteiger partial charge on any atom is -0.478 e. The Morgan fingerprint density at radius 3 is 2.86 bits per heavy atom. The molecule has 0 aliphatic rings. The highest BCUT2D eigenvalue weighted by molar-refractivity contribution is 6.30. The highest BCUT2D eigenvalue weighted by Crippen LogP contribution is 2.26. The van der Waals surface area contributed by atoms with Crippen molar-refractivity contribution in [3.8, 4) is 0 Å². The number of aromatic nitrogens is 1. The molecule has 0 unspecified atom stereocenters. The van der Waals surface area contributed by atoms with Crippen LogP contribution >= 0.6 is 11.6 Å². The van der Waals surface area contributed by atoms with Crippen molar-refractivity contribution in [2.24, 2.45) is 0 Å². The summed E-state index contributed by atoms with van der Waals surface area (Å²) < 4.78 is 5.53. The molecule has 21 heavy (non-hydrogen) atoms. The van der Waals surface area contributed by atoms with E-state index in [2.05, 4.69) is 10.3 Å². The number of oxazole rings is 1. The number of nitrogens with one attached hydrogen (secondary N) is 1. The van der Waals surface area contributed by atoms with Crippen molar-refractivity contribution in [1.29, 1.82) is 0 Å². The quantitative estimate of drug-likeness (QED) is 0.757. The summed E-state index contributed by atoms with van der Waals surface area (Å²) in [4.78, 5) is 15.2. The highest BCUT2D eigenvalue weighted by Gasteiger charge is 2.10. The van der Waals surface area contributed by atoms with Crippen molar-refractivity contribution in [2.45, 2.75) is 6.92 Å². The molecular weight excluding hydrogens is 292 g/mol. The molecule has 0 bridgehead atoms. The Bertz CT molecular complexity index is 842. The number of hydrogen-bond donors (Lipinski definition) is 2. The first-order valence-corrected chi connectivity index (χ1v) is 6.58. The third-order valence-electron chi connectivity index (χ3n) is 3.08. The SMILES string of the molecule is Cc1ccc(Cl)cc1Nc1nc2ccc(C(=O)O)cc2o1. The summed E-state index contributed by atoms with van der Waals surface area (Å²) in [6, 6.07) is 10.3. The van der Waals surface area contributed by atoms with Crippen LogP contribution in [0.5, 0.6) is 0 Å². The van der Waals surface area contributed by atoms with E-state index in [0.717, 1.165) is 11.3 Å². The normalized spacial score (nSPS) is 10.8. The molecule has 0 fully saturated rings. The van der Waals surface area contributed by atoms with Gasteiger partial charge in [0.25, 0.3) is 6.01 Å². The molecule has 3 rings (SSSR count). The van der Waals surface area contributed by atoms with Gasteiger partial charge in [0.15, 0.2) is 5.58 Å². The number of carboxylic acid groups (broad SMARTS) is 1. The van der Waals surface area contributed by atoms with Gasteiger partial charge >= 0.3 is 5.97 Å². The topological polar surface area (TPSA) is 75.4 Å². The van der Waals surface area contributed by atoms with Gasteiger partial charge in [-0.05, 0) is 42.8 Å². The van der Waals surface area contributed by atoms with E-state index < -0.39 is 5.97 Å². The first kappa shape index (κ1) is 13.5. The number of rotatable bonds is 3. The highest BCUT2D eigenvalue weighted by atomic mass is 35.5. The second kappa shape index (κ2) is 5.10. The average molecular weight is 303 g/mol. The van der Waals surface area contributed by atoms with Crippen LogP contribution in [0.4, 0.5) is 11.7 Å². The molecule has 0 spiro atoms. The molecule has 1 heterocycles. The molecule has 2 aromatic carbocycles. The van der Waals surface area contributed by atoms with E-state index in [-0.39, 0.29) is 11.6 Å². The number of carboxylic acids is 1. The lowest BCUT2D eigenvalue weighted by atomic mass is 10.2. The van der Waals surface area contributed by atoms with Crippen LogP contribution < -0.4 is 5.32 Å². The number of halogens is 1. The molecule has 5 nitrogen and oxygen atoms in total. The molecule has 0 saturated carbocycles. The zero-order chi connectivity index (χ0) is 15.0. The van der Waals surface area contributed by atoms with Crippen molar-refractivity contribution in [3.63, 3.8) is 0 Å². The second-order valence-electron chi connectivity index (χ2n) is 4.59. The van der Waals surface area contributed by atoms with Crippen LogP contribution in [0.2, 0.25) is 5.02 Å². The number of fused-ring (bicyclic) bond motifs is 1. The first-order valence-electron chi connectivity index (χ1n) is 6.20. The fourth-order valence-corrected chi connectivity index (χ4v) is 2.13. The van der Waals surface area contributed by atoms with E-state index in [9.17, 15) is 4.79 Å². The first-order chi connectivity index (χ1) is 10.0. The molecular formula is C15H11ClN2O3. The second-order valence-corrected chi connectivity index (χ2v) is 5.03. The van der Waals surface area contributed by atoms with E-state index >= 15 is 0 Å². The summed E-state index contributed by atoms with van der Waals surface area (Å²) in [6.45, 7) is 1.93. The summed E-state index contributed by atoms with van der Waals surface area (Å²) >= 11 is 5.96. The van der Waals surface area contributed by atoms with Crippen LogP contribution in [0.1, 0.15) is 15.9 Å². The van der Waals surface area contributed by atoms with Crippen molar-refractivity contribution >= 4 is 40.4 Å². The van der Waals surface area contributed by atoms with Crippen LogP contribution in [0, 0.1) is 6.92 Å². The van der Waals surface area contributed by atoms with Crippen molar-refractivity contribution in [2.75, 3.05) is 5.32 Å². The van der Waals surface area contributed by atoms with Gasteiger partial charge in [-0.1, -0.05) is 17.7 Å². The van der Waals surface area contributed by atoms with Gasteiger partial charge in [0.05, 0.1) is 5.56 Å². The van der Waals surface area contributed by atoms with Gasteiger partial charge in [-0.25, -0.2) is 4.79 Å². The summed E-state index contributed by atoms with van der Waals surface area (Å²) in [7, 11) is 0. The van der Waals surface area contributed by atoms with Gasteiger partial charge in [-0.15, -0.1) is 0 Å². The molecule has 2 N–H and O–H groups in total. The Morgan fingerprint density at radius 1 is 1.29 bits per heavy atom. The number of hydrogen-bond acceptors (Lipinski definition) is 4. The van der Waals surface area contributed by atoms with Gasteiger partial charge in [-0.2, -0.15) is 4.98 Å². The molecule has 0 aliphatic heterocycles. The van der Waals surface area contributed by atoms with Crippen LogP contribution in [0.25, 0.3) is 11.1 Å². The van der Waals surface area contributed by atoms with E-state index in [1.54, 1.807) is 18.2 Å². The van der Waals surface area contributed by atoms with Crippen molar-refractivity contribution < 1.29 is 14.3 Å². The maximum atomic E-state index is 10.9. The van der Waals surface area contributed by atoms with E-state index in [1.165, 1.54) is 12.1 Å². The molecule has 0 saturated heterocycles. The average Bonchev–Trinajstić information content (AvgIpc) is 2.84. The standard InChI is InChI=1S/C15H11ClN2O3/c1-8-2-4-10(16)7-12(8)18-15-17-11-5-3-9(14(19)20)6-13(11)21-15/h2-7H,1H3,(H,17,18)(H,19,20). The largest absolute Gasteiger partial charge is 0.478 e. The Morgan fingerprint density at radius 2 is 2.10 bits per heavy atom. The zero-order valence-corrected chi connectivity index (χ0v) is 11.8. The minimum absolute atomic E-state index is 0.157. The number of aromatic carboxylic acids is 1. The molecule has 0 radical (unpaired) electrons. The van der Waals surface area contributed by atoms with Gasteiger partial charge < -0.3 is 14.8 Å². The van der Waals surface area contributed by atoms with Crippen LogP contribution in [0.15, 0.2) is 40.8 Å². The van der Waals surface area contributed by atoms with E-state index in [4.69, 9.17) is 21.1 Å². The summed E-state index contributed by atoms with van der Waals surface area (Å²) in [6.07, 6.45) is 0. The monoisotopic (exact) mass is 302 g/mol. The predicted molar refractivity (Wildman–Crippen MR) is 80.4 cm³/mol. The number of anilines is 2. The summed E-state index contributed by atoms with van der Waals surface area (Å²) in [5.41, 5.74) is 2.93. The summed E-state index contributed by atoms with van der Waals surface area (Å²) in [5.74, 6) is -1.01. The molecule has 0 atom stereocenters. The lowest BCUT2D eigenvalue weighted by molar-refractivity contribution is 0.0697. The van der Waals surface area contributed by atoms with E-state index in [0.29, 0.717) is 16.1 Å². The zero-order valence-electron chi connectivity index (χ0n) is 11.1. The van der Waals surface area contributed by atoms with Gasteiger partial charge in [0, 0.05) is 10.7 Å². The fraction of sp³-hybridized carbons (Fsp3) is 0.0667. The lowest BCUT2D eigenvalue weighted by Crippen LogP contribution is -1.94. The molecule has 0 aliphatic carbocycles. The Kier molecular flexibility index (Phi) is 3.27. The minimum atomic E-state index is -1.01. The summed E-state index contributed by atoms with van der Waals surface area (Å²) in [5, 5.41) is 12.6. The van der Waals surface area contributed by atoms with Gasteiger partial charge in [0.2, 0.25) is 0 Å². The van der Waals surface area contributed by atoms with Crippen molar-refractivity contribution in [3.05, 3.63) is 52.5 Å². The number of nitrogens with zero attached hydrogens (tertiary/aromatic N) is 1. The van der Waals surface area contributed by atoms with Gasteiger partial charge in [0.1, 0.15) is 5.52 Å². The predicted octanol–water partition coefficient (Wildman–Crippen LogP) is 4.23. The maximum Gasteiger partial charge on any atom is 0.335 e. The van der Waals surface area contributed by atoms with Crippen LogP contribution in [-0.4, -0.2) is 16.1 Å². The maximum absolute atomic E-state index is 10.9. The van der Waals surface area contributed by atoms with Crippen molar-refractivity contribution in [1.82, 2.24) is 4.98 Å². The van der Waals surface area contributed by atoms with E-state index in [1.807, 2.05) is 13.0 Å². The third kappa shape index (κ3) is 2.68. The number of benzene rings is 2. The Balaban J connectivity index is 1.97. The van der Waals surface area contributed by atoms with Crippen LogP contribution in [-0.2, 0) is 0 Å². The lowest BCUT2D eigenvalue weighted by Gasteiger charge is -2.05. The smallest absolute Gasteiger partial charge is 0.335 e. The Labute approximate surface area is 125 Å². The molecule has 0 amide bonds. The van der Waals surface area contributed by atoms with Crippen LogP contribution in [0.3, 0.4) is 0 Å². The molecule has 6 heteroatoms.